The van der Waals surface area contributed by atoms with Crippen LogP contribution in [0, 0.1) is 0 Å². The Balaban J connectivity index is 1.77. The maximum Gasteiger partial charge on any atom is 0.413 e. The van der Waals surface area contributed by atoms with Gasteiger partial charge in [-0.3, -0.25) is 5.32 Å². The molecule has 0 saturated carbocycles. The van der Waals surface area contributed by atoms with E-state index >= 15 is 0 Å². The number of aromatic nitrogens is 3. The topological polar surface area (TPSA) is 69.0 Å². The van der Waals surface area contributed by atoms with Gasteiger partial charge in [0.15, 0.2) is 5.82 Å². The zero-order valence-electron chi connectivity index (χ0n) is 13.5. The fourth-order valence-electron chi connectivity index (χ4n) is 2.29. The Morgan fingerprint density at radius 2 is 1.88 bits per heavy atom. The summed E-state index contributed by atoms with van der Waals surface area (Å²) in [7, 11) is 0. The Kier molecular flexibility index (Phi) is 5.66. The van der Waals surface area contributed by atoms with Crippen molar-refractivity contribution in [3.8, 4) is 5.69 Å². The summed E-state index contributed by atoms with van der Waals surface area (Å²) >= 11 is 18.0. The lowest BCUT2D eigenvalue weighted by Crippen LogP contribution is -2.18. The quantitative estimate of drug-likeness (QED) is 0.572. The van der Waals surface area contributed by atoms with Crippen molar-refractivity contribution in [2.24, 2.45) is 0 Å². The zero-order chi connectivity index (χ0) is 18.7. The average molecular weight is 412 g/mol. The lowest BCUT2D eigenvalue weighted by Gasteiger charge is -2.16. The minimum Gasteiger partial charge on any atom is -0.441 e. The Hall–Kier alpha value is -2.28. The summed E-state index contributed by atoms with van der Waals surface area (Å²) < 4.78 is 6.81. The molecule has 0 aliphatic rings. The monoisotopic (exact) mass is 410 g/mol. The Bertz CT molecular complexity index is 928. The van der Waals surface area contributed by atoms with E-state index in [1.54, 1.807) is 37.3 Å². The number of nitrogens with zero attached hydrogens (tertiary/aromatic N) is 3. The van der Waals surface area contributed by atoms with Crippen molar-refractivity contribution in [2.75, 3.05) is 5.32 Å². The van der Waals surface area contributed by atoms with Crippen LogP contribution in [0.2, 0.25) is 15.2 Å². The first-order valence-electron chi connectivity index (χ1n) is 7.53. The molecule has 0 bridgehead atoms. The predicted molar refractivity (Wildman–Crippen MR) is 101 cm³/mol. The number of anilines is 1. The maximum atomic E-state index is 12.3. The molecule has 0 aliphatic heterocycles. The van der Waals surface area contributed by atoms with Crippen LogP contribution in [0.15, 0.2) is 48.8 Å². The molecule has 0 aliphatic carbocycles. The summed E-state index contributed by atoms with van der Waals surface area (Å²) in [5, 5.41) is 7.84. The molecule has 0 spiro atoms. The lowest BCUT2D eigenvalue weighted by atomic mass is 10.1. The van der Waals surface area contributed by atoms with Crippen molar-refractivity contribution < 1.29 is 9.53 Å². The summed E-state index contributed by atoms with van der Waals surface area (Å²) in [6, 6.07) is 10.4. The van der Waals surface area contributed by atoms with Crippen LogP contribution in [0.5, 0.6) is 0 Å². The van der Waals surface area contributed by atoms with Gasteiger partial charge in [0.25, 0.3) is 0 Å². The maximum absolute atomic E-state index is 12.3. The van der Waals surface area contributed by atoms with Gasteiger partial charge < -0.3 is 4.74 Å². The minimum atomic E-state index is -0.692. The number of benzene rings is 1. The van der Waals surface area contributed by atoms with Gasteiger partial charge >= 0.3 is 6.09 Å². The first-order chi connectivity index (χ1) is 12.5. The highest BCUT2D eigenvalue weighted by Gasteiger charge is 2.18. The molecule has 134 valence electrons. The molecule has 1 atom stereocenters. The van der Waals surface area contributed by atoms with E-state index in [2.05, 4.69) is 15.4 Å². The van der Waals surface area contributed by atoms with Gasteiger partial charge in [0.1, 0.15) is 16.3 Å². The normalized spacial score (nSPS) is 11.8. The van der Waals surface area contributed by atoms with Crippen molar-refractivity contribution in [1.29, 1.82) is 0 Å². The Labute approximate surface area is 164 Å². The van der Waals surface area contributed by atoms with Gasteiger partial charge in [-0.1, -0.05) is 53.0 Å². The zero-order valence-corrected chi connectivity index (χ0v) is 15.8. The van der Waals surface area contributed by atoms with Gasteiger partial charge in [-0.25, -0.2) is 14.5 Å². The van der Waals surface area contributed by atoms with Crippen LogP contribution in [0.1, 0.15) is 18.6 Å². The van der Waals surface area contributed by atoms with E-state index in [0.717, 1.165) is 0 Å². The lowest BCUT2D eigenvalue weighted by molar-refractivity contribution is 0.121. The SMILES string of the molecule is C[C@@H](OC(=O)Nc1c(Cl)cnn1-c1ccc(Cl)nc1)c1ccccc1Cl. The van der Waals surface area contributed by atoms with Gasteiger partial charge in [0.2, 0.25) is 0 Å². The van der Waals surface area contributed by atoms with Crippen molar-refractivity contribution in [3.05, 3.63) is 69.6 Å². The molecule has 6 nitrogen and oxygen atoms in total. The van der Waals surface area contributed by atoms with E-state index < -0.39 is 12.2 Å². The molecule has 2 aromatic heterocycles. The molecule has 3 rings (SSSR count). The van der Waals surface area contributed by atoms with Crippen molar-refractivity contribution >= 4 is 46.7 Å². The van der Waals surface area contributed by atoms with Crippen LogP contribution < -0.4 is 5.32 Å². The molecule has 0 radical (unpaired) electrons. The highest BCUT2D eigenvalue weighted by atomic mass is 35.5. The smallest absolute Gasteiger partial charge is 0.413 e. The fourth-order valence-corrected chi connectivity index (χ4v) is 2.86. The number of hydrogen-bond donors (Lipinski definition) is 1. The summed E-state index contributed by atoms with van der Waals surface area (Å²) in [5.41, 5.74) is 1.28. The fraction of sp³-hybridized carbons (Fsp3) is 0.118. The Morgan fingerprint density at radius 3 is 2.58 bits per heavy atom. The van der Waals surface area contributed by atoms with Gasteiger partial charge in [0, 0.05) is 10.6 Å². The first kappa shape index (κ1) is 18.5. The van der Waals surface area contributed by atoms with Crippen molar-refractivity contribution in [1.82, 2.24) is 14.8 Å². The second-order valence-corrected chi connectivity index (χ2v) is 6.49. The van der Waals surface area contributed by atoms with Crippen molar-refractivity contribution in [3.63, 3.8) is 0 Å². The second kappa shape index (κ2) is 7.95. The summed E-state index contributed by atoms with van der Waals surface area (Å²) in [6.07, 6.45) is 1.68. The van der Waals surface area contributed by atoms with Crippen LogP contribution in [0.4, 0.5) is 10.6 Å². The van der Waals surface area contributed by atoms with E-state index in [1.807, 2.05) is 6.07 Å². The molecule has 1 amide bonds. The van der Waals surface area contributed by atoms with Crippen LogP contribution in [-0.2, 0) is 4.74 Å². The van der Waals surface area contributed by atoms with E-state index in [1.165, 1.54) is 17.1 Å². The van der Waals surface area contributed by atoms with Crippen LogP contribution >= 0.6 is 34.8 Å². The third kappa shape index (κ3) is 4.09. The molecule has 2 heterocycles. The number of carbonyl (C=O) groups is 1. The third-order valence-corrected chi connectivity index (χ3v) is 4.37. The molecular formula is C17H13Cl3N4O2. The third-order valence-electron chi connectivity index (χ3n) is 3.53. The number of ether oxygens (including phenoxy) is 1. The number of rotatable bonds is 4. The van der Waals surface area contributed by atoms with E-state index in [0.29, 0.717) is 21.4 Å². The number of carbonyl (C=O) groups excluding carboxylic acids is 1. The highest BCUT2D eigenvalue weighted by Crippen LogP contribution is 2.28. The van der Waals surface area contributed by atoms with Crippen LogP contribution in [0.3, 0.4) is 0 Å². The summed E-state index contributed by atoms with van der Waals surface area (Å²) in [6.45, 7) is 1.73. The summed E-state index contributed by atoms with van der Waals surface area (Å²) in [5.74, 6) is 0.257. The van der Waals surface area contributed by atoms with Crippen molar-refractivity contribution in [2.45, 2.75) is 13.0 Å². The number of pyridine rings is 1. The second-order valence-electron chi connectivity index (χ2n) is 5.29. The number of halogens is 3. The van der Waals surface area contributed by atoms with E-state index in [9.17, 15) is 4.79 Å². The predicted octanol–water partition coefficient (Wildman–Crippen LogP) is 5.54. The molecule has 0 fully saturated rings. The molecule has 9 heteroatoms. The summed E-state index contributed by atoms with van der Waals surface area (Å²) in [4.78, 5) is 16.3. The van der Waals surface area contributed by atoms with Crippen LogP contribution in [-0.4, -0.2) is 20.9 Å². The largest absolute Gasteiger partial charge is 0.441 e. The molecule has 0 unspecified atom stereocenters. The standard InChI is InChI=1S/C17H13Cl3N4O2/c1-10(12-4-2-3-5-13(12)18)26-17(25)23-16-14(19)9-22-24(16)11-6-7-15(20)21-8-11/h2-10H,1H3,(H,23,25)/t10-/m1/s1. The van der Waals surface area contributed by atoms with E-state index in [-0.39, 0.29) is 10.8 Å². The van der Waals surface area contributed by atoms with Gasteiger partial charge in [-0.05, 0) is 25.1 Å². The number of amides is 1. The molecule has 1 N–H and O–H groups in total. The highest BCUT2D eigenvalue weighted by molar-refractivity contribution is 6.33. The first-order valence-corrected chi connectivity index (χ1v) is 8.66. The number of hydrogen-bond acceptors (Lipinski definition) is 4. The van der Waals surface area contributed by atoms with E-state index in [4.69, 9.17) is 39.5 Å². The van der Waals surface area contributed by atoms with Gasteiger partial charge in [-0.2, -0.15) is 5.10 Å². The van der Waals surface area contributed by atoms with Gasteiger partial charge in [-0.15, -0.1) is 0 Å². The molecular weight excluding hydrogens is 399 g/mol. The van der Waals surface area contributed by atoms with Crippen LogP contribution in [0.25, 0.3) is 5.69 Å². The molecule has 3 aromatic rings. The van der Waals surface area contributed by atoms with Gasteiger partial charge in [0.05, 0.1) is 18.1 Å². The molecule has 0 saturated heterocycles. The minimum absolute atomic E-state index is 0.252. The average Bonchev–Trinajstić information content (AvgIpc) is 2.96. The molecule has 1 aromatic carbocycles. The Morgan fingerprint density at radius 1 is 1.12 bits per heavy atom. The molecule has 26 heavy (non-hydrogen) atoms. The number of nitrogens with one attached hydrogen (secondary N) is 1.